The molecule has 13 heavy (non-hydrogen) atoms. The van der Waals surface area contributed by atoms with Crippen molar-refractivity contribution in [3.8, 4) is 5.69 Å². The van der Waals surface area contributed by atoms with Crippen molar-refractivity contribution >= 4 is 15.9 Å². The first-order valence-corrected chi connectivity index (χ1v) is 4.46. The average molecular weight is 240 g/mol. The number of hydrogen-bond donors (Lipinski definition) is 0. The third kappa shape index (κ3) is 1.55. The molecule has 4 nitrogen and oxygen atoms in total. The van der Waals surface area contributed by atoms with Crippen molar-refractivity contribution in [2.45, 2.75) is 0 Å². The molecule has 0 fully saturated rings. The van der Waals surface area contributed by atoms with Gasteiger partial charge in [0.25, 0.3) is 0 Å². The van der Waals surface area contributed by atoms with Gasteiger partial charge >= 0.3 is 0 Å². The minimum absolute atomic E-state index is 0.670. The zero-order valence-electron chi connectivity index (χ0n) is 6.59. The first-order chi connectivity index (χ1) is 6.27. The van der Waals surface area contributed by atoms with Crippen LogP contribution in [0.4, 0.5) is 0 Å². The summed E-state index contributed by atoms with van der Waals surface area (Å²) in [5, 5.41) is 15.0. The molecule has 0 saturated heterocycles. The Morgan fingerprint density at radius 3 is 2.54 bits per heavy atom. The van der Waals surface area contributed by atoms with Gasteiger partial charge in [-0.2, -0.15) is 4.85 Å². The van der Waals surface area contributed by atoms with E-state index in [4.69, 9.17) is 0 Å². The van der Waals surface area contributed by atoms with E-state index in [1.165, 1.54) is 17.2 Å². The van der Waals surface area contributed by atoms with Crippen LogP contribution in [0.1, 0.15) is 0 Å². The Bertz CT molecular complexity index is 410. The molecule has 0 spiro atoms. The smallest absolute Gasteiger partial charge is 0.207 e. The topological polar surface area (TPSA) is 44.8 Å². The minimum Gasteiger partial charge on any atom is -0.692 e. The first kappa shape index (κ1) is 8.25. The van der Waals surface area contributed by atoms with Crippen molar-refractivity contribution < 1.29 is 4.85 Å². The number of benzene rings is 1. The van der Waals surface area contributed by atoms with Gasteiger partial charge in [0.1, 0.15) is 5.69 Å². The summed E-state index contributed by atoms with van der Waals surface area (Å²) < 4.78 is 0.973. The summed E-state index contributed by atoms with van der Waals surface area (Å²) in [5.74, 6) is 0. The Labute approximate surface area is 83.1 Å². The van der Waals surface area contributed by atoms with Gasteiger partial charge in [-0.3, -0.25) is 0 Å². The van der Waals surface area contributed by atoms with Crippen molar-refractivity contribution in [3.63, 3.8) is 0 Å². The molecular weight excluding hydrogens is 234 g/mol. The highest BCUT2D eigenvalue weighted by Crippen LogP contribution is 2.11. The lowest BCUT2D eigenvalue weighted by Crippen LogP contribution is -2.36. The number of aromatic nitrogens is 3. The standard InChI is InChI=1S/C8H6BrN3O/c9-7-1-3-8(4-2-7)12-10-5-6-11(12)13/h1-6H. The average Bonchev–Trinajstić information content (AvgIpc) is 2.53. The summed E-state index contributed by atoms with van der Waals surface area (Å²) in [6.07, 6.45) is 2.80. The molecule has 0 bridgehead atoms. The van der Waals surface area contributed by atoms with E-state index < -0.39 is 0 Å². The lowest BCUT2D eigenvalue weighted by molar-refractivity contribution is -0.688. The second kappa shape index (κ2) is 3.18. The molecule has 0 saturated carbocycles. The Morgan fingerprint density at radius 2 is 2.00 bits per heavy atom. The van der Waals surface area contributed by atoms with Crippen molar-refractivity contribution in [2.24, 2.45) is 0 Å². The fourth-order valence-electron chi connectivity index (χ4n) is 1.02. The predicted molar refractivity (Wildman–Crippen MR) is 50.2 cm³/mol. The molecule has 0 radical (unpaired) electrons. The van der Waals surface area contributed by atoms with Gasteiger partial charge in [0.05, 0.1) is 0 Å². The van der Waals surface area contributed by atoms with Gasteiger partial charge in [-0.25, -0.2) is 0 Å². The maximum absolute atomic E-state index is 11.1. The van der Waals surface area contributed by atoms with Gasteiger partial charge < -0.3 is 5.21 Å². The van der Waals surface area contributed by atoms with E-state index in [1.54, 1.807) is 0 Å². The molecule has 5 heteroatoms. The van der Waals surface area contributed by atoms with Crippen molar-refractivity contribution in [1.82, 2.24) is 9.90 Å². The van der Waals surface area contributed by atoms with E-state index in [1.807, 2.05) is 24.3 Å². The highest BCUT2D eigenvalue weighted by atomic mass is 79.9. The van der Waals surface area contributed by atoms with Gasteiger partial charge in [0.15, 0.2) is 6.20 Å². The first-order valence-electron chi connectivity index (χ1n) is 3.67. The van der Waals surface area contributed by atoms with Crippen LogP contribution in [0.3, 0.4) is 0 Å². The largest absolute Gasteiger partial charge is 0.692 e. The second-order valence-electron chi connectivity index (χ2n) is 2.48. The van der Waals surface area contributed by atoms with E-state index in [0.717, 1.165) is 10.2 Å². The van der Waals surface area contributed by atoms with Crippen LogP contribution in [0.25, 0.3) is 5.69 Å². The van der Waals surface area contributed by atoms with E-state index >= 15 is 0 Å². The number of hydrogen-bond acceptors (Lipinski definition) is 2. The van der Waals surface area contributed by atoms with Gasteiger partial charge in [0.2, 0.25) is 6.20 Å². The zero-order chi connectivity index (χ0) is 9.26. The molecule has 0 aliphatic heterocycles. The Hall–Kier alpha value is -1.36. The van der Waals surface area contributed by atoms with Gasteiger partial charge in [-0.1, -0.05) is 15.9 Å². The molecule has 0 amide bonds. The third-order valence-electron chi connectivity index (χ3n) is 1.61. The maximum atomic E-state index is 11.1. The molecule has 1 heterocycles. The molecule has 0 aliphatic carbocycles. The molecule has 1 aromatic carbocycles. The lowest BCUT2D eigenvalue weighted by Gasteiger charge is -2.01. The molecular formula is C8H6BrN3O. The molecule has 0 N–H and O–H groups in total. The molecule has 1 aromatic heterocycles. The quantitative estimate of drug-likeness (QED) is 0.556. The van der Waals surface area contributed by atoms with Crippen molar-refractivity contribution in [1.29, 1.82) is 0 Å². The Balaban J connectivity index is 2.47. The monoisotopic (exact) mass is 239 g/mol. The van der Waals surface area contributed by atoms with Crippen LogP contribution in [-0.4, -0.2) is 9.90 Å². The van der Waals surface area contributed by atoms with Crippen LogP contribution < -0.4 is 4.85 Å². The van der Waals surface area contributed by atoms with E-state index in [0.29, 0.717) is 4.85 Å². The SMILES string of the molecule is [O-][n+]1ccnn1-c1ccc(Br)cc1. The zero-order valence-corrected chi connectivity index (χ0v) is 8.18. The second-order valence-corrected chi connectivity index (χ2v) is 3.40. The molecule has 0 atom stereocenters. The summed E-state index contributed by atoms with van der Waals surface area (Å²) in [5.41, 5.74) is 0.739. The van der Waals surface area contributed by atoms with Crippen molar-refractivity contribution in [2.75, 3.05) is 0 Å². The number of halogens is 1. The highest BCUT2D eigenvalue weighted by Gasteiger charge is 2.04. The van der Waals surface area contributed by atoms with Crippen LogP contribution in [0.2, 0.25) is 0 Å². The fraction of sp³-hybridized carbons (Fsp3) is 0. The number of rotatable bonds is 1. The van der Waals surface area contributed by atoms with Crippen LogP contribution >= 0.6 is 15.9 Å². The van der Waals surface area contributed by atoms with Gasteiger partial charge in [0, 0.05) is 9.57 Å². The van der Waals surface area contributed by atoms with E-state index in [9.17, 15) is 5.21 Å². The molecule has 66 valence electrons. The summed E-state index contributed by atoms with van der Waals surface area (Å²) in [6.45, 7) is 0. The van der Waals surface area contributed by atoms with E-state index in [2.05, 4.69) is 21.0 Å². The van der Waals surface area contributed by atoms with Crippen LogP contribution in [0, 0.1) is 5.21 Å². The van der Waals surface area contributed by atoms with Gasteiger partial charge in [-0.05, 0) is 29.1 Å². The highest BCUT2D eigenvalue weighted by molar-refractivity contribution is 9.10. The number of nitrogens with zero attached hydrogens (tertiary/aromatic N) is 3. The maximum Gasteiger partial charge on any atom is 0.207 e. The normalized spacial score (nSPS) is 10.2. The summed E-state index contributed by atoms with van der Waals surface area (Å²) in [7, 11) is 0. The molecule has 2 rings (SSSR count). The van der Waals surface area contributed by atoms with E-state index in [-0.39, 0.29) is 0 Å². The van der Waals surface area contributed by atoms with Crippen LogP contribution in [0.15, 0.2) is 41.1 Å². The minimum atomic E-state index is 0.670. The summed E-state index contributed by atoms with van der Waals surface area (Å²) in [4.78, 5) is 1.94. The third-order valence-corrected chi connectivity index (χ3v) is 2.14. The van der Waals surface area contributed by atoms with Crippen LogP contribution in [-0.2, 0) is 0 Å². The Morgan fingerprint density at radius 1 is 1.31 bits per heavy atom. The fourth-order valence-corrected chi connectivity index (χ4v) is 1.28. The van der Waals surface area contributed by atoms with Crippen molar-refractivity contribution in [3.05, 3.63) is 46.3 Å². The lowest BCUT2D eigenvalue weighted by atomic mass is 10.3. The Kier molecular flexibility index (Phi) is 2.02. The summed E-state index contributed by atoms with van der Waals surface area (Å²) >= 11 is 3.31. The molecule has 2 aromatic rings. The van der Waals surface area contributed by atoms with Crippen LogP contribution in [0.5, 0.6) is 0 Å². The predicted octanol–water partition coefficient (Wildman–Crippen LogP) is 1.27. The summed E-state index contributed by atoms with van der Waals surface area (Å²) in [6, 6.07) is 7.34. The van der Waals surface area contributed by atoms with Gasteiger partial charge in [-0.15, -0.1) is 0 Å². The molecule has 0 unspecified atom stereocenters. The molecule has 0 aliphatic rings.